The summed E-state index contributed by atoms with van der Waals surface area (Å²) in [6.45, 7) is 8.13. The molecule has 1 aliphatic heterocycles. The van der Waals surface area contributed by atoms with Crippen molar-refractivity contribution in [2.75, 3.05) is 39.3 Å². The van der Waals surface area contributed by atoms with Crippen LogP contribution in [-0.2, 0) is 0 Å². The van der Waals surface area contributed by atoms with Crippen LogP contribution in [0.3, 0.4) is 0 Å². The first kappa shape index (κ1) is 29.7. The average Bonchev–Trinajstić information content (AvgIpc) is 2.77. The second kappa shape index (κ2) is 15.5. The van der Waals surface area contributed by atoms with Gasteiger partial charge in [0, 0.05) is 43.2 Å². The van der Waals surface area contributed by atoms with Crippen molar-refractivity contribution in [3.8, 4) is 5.75 Å². The van der Waals surface area contributed by atoms with Crippen LogP contribution >= 0.6 is 36.4 Å². The van der Waals surface area contributed by atoms with E-state index in [1.54, 1.807) is 12.1 Å². The molecule has 1 heterocycles. The van der Waals surface area contributed by atoms with Gasteiger partial charge in [-0.05, 0) is 74.8 Å². The van der Waals surface area contributed by atoms with E-state index in [4.69, 9.17) is 16.3 Å². The molecular weight excluding hydrogens is 486 g/mol. The molecule has 0 unspecified atom stereocenters. The predicted octanol–water partition coefficient (Wildman–Crippen LogP) is 6.15. The lowest BCUT2D eigenvalue weighted by Crippen LogP contribution is -2.42. The van der Waals surface area contributed by atoms with E-state index in [0.717, 1.165) is 64.3 Å². The highest BCUT2D eigenvalue weighted by molar-refractivity contribution is 6.30. The van der Waals surface area contributed by atoms with Gasteiger partial charge < -0.3 is 14.5 Å². The number of carbonyl (C=O) groups excluding carboxylic acids is 1. The lowest BCUT2D eigenvalue weighted by molar-refractivity contribution is 0.0921. The van der Waals surface area contributed by atoms with Gasteiger partial charge in [0.1, 0.15) is 17.7 Å². The van der Waals surface area contributed by atoms with Crippen molar-refractivity contribution < 1.29 is 13.9 Å². The molecule has 0 radical (unpaired) electrons. The van der Waals surface area contributed by atoms with Gasteiger partial charge in [0.15, 0.2) is 5.78 Å². The minimum absolute atomic E-state index is 0. The molecule has 0 atom stereocenters. The lowest BCUT2D eigenvalue weighted by Gasteiger charge is -2.33. The molecule has 0 saturated carbocycles. The van der Waals surface area contributed by atoms with E-state index < -0.39 is 0 Å². The highest BCUT2D eigenvalue weighted by Crippen LogP contribution is 2.22. The number of ketones is 1. The van der Waals surface area contributed by atoms with E-state index in [2.05, 4.69) is 16.7 Å². The zero-order chi connectivity index (χ0) is 22.1. The molecule has 3 rings (SSSR count). The summed E-state index contributed by atoms with van der Waals surface area (Å²) in [5.41, 5.74) is 0.590. The maximum Gasteiger partial charge on any atom is 0.162 e. The number of rotatable bonds is 11. The number of ether oxygens (including phenoxy) is 1. The molecule has 184 valence electrons. The standard InChI is InChI=1S/C25H32ClFN2O2.2ClH/c1-2-28(14-4-7-25(30)20-8-10-22(27)11-9-20)17-18-29-15-12-23(13-16-29)31-24-6-3-5-21(26)19-24;;/h3,5-6,8-11,19,23H,2,4,7,12-18H2,1H3;2*1H. The molecule has 0 bridgehead atoms. The van der Waals surface area contributed by atoms with Gasteiger partial charge in [-0.25, -0.2) is 4.39 Å². The number of Topliss-reactive ketones (excluding diaryl/α,β-unsaturated/α-hetero) is 1. The van der Waals surface area contributed by atoms with Crippen LogP contribution < -0.4 is 4.74 Å². The van der Waals surface area contributed by atoms with E-state index in [0.29, 0.717) is 17.0 Å². The lowest BCUT2D eigenvalue weighted by atomic mass is 10.1. The van der Waals surface area contributed by atoms with Crippen molar-refractivity contribution in [3.05, 3.63) is 64.9 Å². The van der Waals surface area contributed by atoms with Crippen molar-refractivity contribution in [1.29, 1.82) is 0 Å². The smallest absolute Gasteiger partial charge is 0.162 e. The Balaban J connectivity index is 0.00000272. The van der Waals surface area contributed by atoms with Gasteiger partial charge >= 0.3 is 0 Å². The molecular formula is C25H34Cl3FN2O2. The van der Waals surface area contributed by atoms with E-state index in [1.165, 1.54) is 12.1 Å². The Morgan fingerprint density at radius 2 is 1.82 bits per heavy atom. The predicted molar refractivity (Wildman–Crippen MR) is 138 cm³/mol. The maximum atomic E-state index is 13.0. The second-order valence-corrected chi connectivity index (χ2v) is 8.52. The SMILES string of the molecule is CCN(CCCC(=O)c1ccc(F)cc1)CCN1CCC(Oc2cccc(Cl)c2)CC1.Cl.Cl. The largest absolute Gasteiger partial charge is 0.490 e. The molecule has 2 aromatic rings. The molecule has 4 nitrogen and oxygen atoms in total. The number of benzene rings is 2. The molecule has 1 fully saturated rings. The van der Waals surface area contributed by atoms with Crippen LogP contribution in [0.4, 0.5) is 4.39 Å². The highest BCUT2D eigenvalue weighted by atomic mass is 35.5. The summed E-state index contributed by atoms with van der Waals surface area (Å²) in [5, 5.41) is 0.703. The fraction of sp³-hybridized carbons (Fsp3) is 0.480. The molecule has 0 spiro atoms. The first-order chi connectivity index (χ1) is 15.0. The van der Waals surface area contributed by atoms with Gasteiger partial charge in [-0.2, -0.15) is 0 Å². The van der Waals surface area contributed by atoms with Gasteiger partial charge in [-0.3, -0.25) is 4.79 Å². The van der Waals surface area contributed by atoms with Crippen LogP contribution in [0, 0.1) is 5.82 Å². The van der Waals surface area contributed by atoms with E-state index in [-0.39, 0.29) is 42.5 Å². The molecule has 0 N–H and O–H groups in total. The van der Waals surface area contributed by atoms with E-state index >= 15 is 0 Å². The quantitative estimate of drug-likeness (QED) is 0.333. The minimum Gasteiger partial charge on any atom is -0.490 e. The number of likely N-dealkylation sites (tertiary alicyclic amines) is 1. The number of piperidine rings is 1. The summed E-state index contributed by atoms with van der Waals surface area (Å²) in [7, 11) is 0. The summed E-state index contributed by atoms with van der Waals surface area (Å²) in [5.74, 6) is 0.616. The molecule has 0 amide bonds. The third kappa shape index (κ3) is 10.2. The monoisotopic (exact) mass is 518 g/mol. The Labute approximate surface area is 214 Å². The third-order valence-corrected chi connectivity index (χ3v) is 6.09. The Morgan fingerprint density at radius 1 is 1.12 bits per heavy atom. The van der Waals surface area contributed by atoms with E-state index in [9.17, 15) is 9.18 Å². The first-order valence-corrected chi connectivity index (χ1v) is 11.6. The van der Waals surface area contributed by atoms with Crippen LogP contribution in [-0.4, -0.2) is 61.0 Å². The number of nitrogens with zero attached hydrogens (tertiary/aromatic N) is 2. The average molecular weight is 520 g/mol. The van der Waals surface area contributed by atoms with Crippen LogP contribution in [0.1, 0.15) is 43.0 Å². The molecule has 8 heteroatoms. The molecule has 1 aliphatic rings. The van der Waals surface area contributed by atoms with Crippen molar-refractivity contribution >= 4 is 42.2 Å². The van der Waals surface area contributed by atoms with Crippen molar-refractivity contribution in [1.82, 2.24) is 9.80 Å². The Bertz CT molecular complexity index is 831. The molecule has 0 aromatic heterocycles. The van der Waals surface area contributed by atoms with Gasteiger partial charge in [0.25, 0.3) is 0 Å². The summed E-state index contributed by atoms with van der Waals surface area (Å²) in [4.78, 5) is 17.1. The second-order valence-electron chi connectivity index (χ2n) is 8.08. The molecule has 1 saturated heterocycles. The number of likely N-dealkylation sites (N-methyl/N-ethyl adjacent to an activating group) is 1. The number of carbonyl (C=O) groups is 1. The Morgan fingerprint density at radius 3 is 2.45 bits per heavy atom. The normalized spacial score (nSPS) is 14.4. The number of halogens is 4. The van der Waals surface area contributed by atoms with Crippen LogP contribution in [0.2, 0.25) is 5.02 Å². The fourth-order valence-electron chi connectivity index (χ4n) is 3.94. The summed E-state index contributed by atoms with van der Waals surface area (Å²) >= 11 is 6.04. The fourth-order valence-corrected chi connectivity index (χ4v) is 4.12. The van der Waals surface area contributed by atoms with Gasteiger partial charge in [-0.15, -0.1) is 24.8 Å². The van der Waals surface area contributed by atoms with Gasteiger partial charge in [0.05, 0.1) is 0 Å². The summed E-state index contributed by atoms with van der Waals surface area (Å²) < 4.78 is 19.1. The van der Waals surface area contributed by atoms with E-state index in [1.807, 2.05) is 24.3 Å². The van der Waals surface area contributed by atoms with Crippen molar-refractivity contribution in [2.24, 2.45) is 0 Å². The molecule has 33 heavy (non-hydrogen) atoms. The molecule has 2 aromatic carbocycles. The Hall–Kier alpha value is -1.37. The zero-order valence-corrected chi connectivity index (χ0v) is 21.4. The number of hydrogen-bond donors (Lipinski definition) is 0. The minimum atomic E-state index is -0.311. The maximum absolute atomic E-state index is 13.0. The first-order valence-electron chi connectivity index (χ1n) is 11.2. The summed E-state index contributed by atoms with van der Waals surface area (Å²) in [6.07, 6.45) is 3.60. The molecule has 0 aliphatic carbocycles. The highest BCUT2D eigenvalue weighted by Gasteiger charge is 2.21. The van der Waals surface area contributed by atoms with Gasteiger partial charge in [-0.1, -0.05) is 24.6 Å². The third-order valence-electron chi connectivity index (χ3n) is 5.86. The number of hydrogen-bond acceptors (Lipinski definition) is 4. The van der Waals surface area contributed by atoms with Crippen molar-refractivity contribution in [2.45, 2.75) is 38.7 Å². The van der Waals surface area contributed by atoms with Crippen LogP contribution in [0.15, 0.2) is 48.5 Å². The van der Waals surface area contributed by atoms with Crippen LogP contribution in [0.5, 0.6) is 5.75 Å². The van der Waals surface area contributed by atoms with Gasteiger partial charge in [0.2, 0.25) is 0 Å². The zero-order valence-electron chi connectivity index (χ0n) is 19.1. The van der Waals surface area contributed by atoms with Crippen molar-refractivity contribution in [3.63, 3.8) is 0 Å². The Kier molecular flexibility index (Phi) is 13.9. The summed E-state index contributed by atoms with van der Waals surface area (Å²) in [6, 6.07) is 13.4. The topological polar surface area (TPSA) is 32.8 Å². The van der Waals surface area contributed by atoms with Crippen LogP contribution in [0.25, 0.3) is 0 Å².